The van der Waals surface area contributed by atoms with Crippen LogP contribution < -0.4 is 10.3 Å². The monoisotopic (exact) mass is 374 g/mol. The van der Waals surface area contributed by atoms with Crippen LogP contribution in [0.5, 0.6) is 5.75 Å². The lowest BCUT2D eigenvalue weighted by molar-refractivity contribution is 0.0994. The topological polar surface area (TPSA) is 78.5 Å². The molecule has 28 heavy (non-hydrogen) atoms. The normalized spacial score (nSPS) is 13.4. The SMILES string of the molecule is CCn1c(=O)c2ccccc2n2c(COc3cccc4c3CCC4=O)nnc12. The number of carbonyl (C=O) groups excluding carboxylic acids is 1. The summed E-state index contributed by atoms with van der Waals surface area (Å²) in [5.41, 5.74) is 2.37. The number of Topliss-reactive ketones (excluding diaryl/α,β-unsaturated/α-hetero) is 1. The molecule has 0 fully saturated rings. The van der Waals surface area contributed by atoms with Crippen LogP contribution in [0.4, 0.5) is 0 Å². The van der Waals surface area contributed by atoms with Gasteiger partial charge in [0, 0.05) is 24.1 Å². The van der Waals surface area contributed by atoms with Gasteiger partial charge in [-0.15, -0.1) is 10.2 Å². The lowest BCUT2D eigenvalue weighted by Gasteiger charge is -2.11. The number of ketones is 1. The Kier molecular flexibility index (Phi) is 3.75. The highest BCUT2D eigenvalue weighted by atomic mass is 16.5. The Balaban J connectivity index is 1.61. The number of hydrogen-bond acceptors (Lipinski definition) is 5. The molecule has 5 rings (SSSR count). The Morgan fingerprint density at radius 1 is 1.04 bits per heavy atom. The number of aryl methyl sites for hydroxylation is 1. The summed E-state index contributed by atoms with van der Waals surface area (Å²) >= 11 is 0. The Labute approximate surface area is 160 Å². The van der Waals surface area contributed by atoms with Gasteiger partial charge in [0.2, 0.25) is 5.78 Å². The predicted octanol–water partition coefficient (Wildman–Crippen LogP) is 2.77. The fraction of sp³-hybridized carbons (Fsp3) is 0.238. The molecular weight excluding hydrogens is 356 g/mol. The molecule has 0 atom stereocenters. The first-order valence-corrected chi connectivity index (χ1v) is 9.32. The molecule has 0 bridgehead atoms. The van der Waals surface area contributed by atoms with Crippen LogP contribution in [0.3, 0.4) is 0 Å². The summed E-state index contributed by atoms with van der Waals surface area (Å²) in [4.78, 5) is 24.7. The average molecular weight is 374 g/mol. The van der Waals surface area contributed by atoms with E-state index in [1.807, 2.05) is 53.8 Å². The first-order valence-electron chi connectivity index (χ1n) is 9.32. The zero-order valence-electron chi connectivity index (χ0n) is 15.4. The maximum Gasteiger partial charge on any atom is 0.262 e. The lowest BCUT2D eigenvalue weighted by Crippen LogP contribution is -2.22. The number of benzene rings is 2. The van der Waals surface area contributed by atoms with Gasteiger partial charge in [-0.25, -0.2) is 0 Å². The van der Waals surface area contributed by atoms with Crippen molar-refractivity contribution in [3.05, 3.63) is 69.8 Å². The van der Waals surface area contributed by atoms with Crippen molar-refractivity contribution in [2.45, 2.75) is 32.9 Å². The van der Waals surface area contributed by atoms with Crippen molar-refractivity contribution in [3.63, 3.8) is 0 Å². The van der Waals surface area contributed by atoms with Gasteiger partial charge in [-0.2, -0.15) is 0 Å². The smallest absolute Gasteiger partial charge is 0.262 e. The molecule has 2 aromatic carbocycles. The largest absolute Gasteiger partial charge is 0.485 e. The second-order valence-electron chi connectivity index (χ2n) is 6.81. The molecule has 7 heteroatoms. The Morgan fingerprint density at radius 2 is 1.89 bits per heavy atom. The number of hydrogen-bond donors (Lipinski definition) is 0. The summed E-state index contributed by atoms with van der Waals surface area (Å²) in [7, 11) is 0. The molecule has 140 valence electrons. The zero-order chi connectivity index (χ0) is 19.3. The first-order chi connectivity index (χ1) is 13.7. The summed E-state index contributed by atoms with van der Waals surface area (Å²) in [5, 5.41) is 9.13. The average Bonchev–Trinajstić information content (AvgIpc) is 3.31. The molecule has 4 aromatic rings. The van der Waals surface area contributed by atoms with E-state index in [4.69, 9.17) is 4.74 Å². The third-order valence-corrected chi connectivity index (χ3v) is 5.28. The van der Waals surface area contributed by atoms with E-state index < -0.39 is 0 Å². The van der Waals surface area contributed by atoms with Crippen molar-refractivity contribution in [1.82, 2.24) is 19.2 Å². The van der Waals surface area contributed by atoms with Gasteiger partial charge >= 0.3 is 0 Å². The number of nitrogens with zero attached hydrogens (tertiary/aromatic N) is 4. The number of ether oxygens (including phenoxy) is 1. The van der Waals surface area contributed by atoms with Gasteiger partial charge in [0.1, 0.15) is 12.4 Å². The van der Waals surface area contributed by atoms with Crippen LogP contribution in [0.25, 0.3) is 16.7 Å². The van der Waals surface area contributed by atoms with Crippen LogP contribution in [-0.4, -0.2) is 24.9 Å². The number of carbonyl (C=O) groups is 1. The predicted molar refractivity (Wildman–Crippen MR) is 104 cm³/mol. The molecular formula is C21H18N4O3. The standard InChI is InChI=1S/C21H18N4O3/c1-2-24-20(27)15-6-3-4-8-16(15)25-19(22-23-21(24)25)12-28-18-9-5-7-13-14(18)10-11-17(13)26/h3-9H,2,10-12H2,1H3. The molecule has 0 aliphatic heterocycles. The van der Waals surface area contributed by atoms with E-state index in [0.717, 1.165) is 16.6 Å². The minimum absolute atomic E-state index is 0.0788. The molecule has 2 aromatic heterocycles. The van der Waals surface area contributed by atoms with E-state index in [-0.39, 0.29) is 17.9 Å². The van der Waals surface area contributed by atoms with E-state index in [2.05, 4.69) is 10.2 Å². The number of fused-ring (bicyclic) bond motifs is 4. The van der Waals surface area contributed by atoms with Gasteiger partial charge in [0.25, 0.3) is 5.56 Å². The molecule has 1 aliphatic carbocycles. The molecule has 0 unspecified atom stereocenters. The molecule has 0 spiro atoms. The van der Waals surface area contributed by atoms with Crippen molar-refractivity contribution in [1.29, 1.82) is 0 Å². The quantitative estimate of drug-likeness (QED) is 0.549. The van der Waals surface area contributed by atoms with Crippen LogP contribution in [0, 0.1) is 0 Å². The van der Waals surface area contributed by atoms with Crippen molar-refractivity contribution in [2.75, 3.05) is 0 Å². The van der Waals surface area contributed by atoms with Crippen molar-refractivity contribution in [2.24, 2.45) is 0 Å². The van der Waals surface area contributed by atoms with E-state index in [0.29, 0.717) is 42.1 Å². The zero-order valence-corrected chi connectivity index (χ0v) is 15.4. The molecule has 0 saturated carbocycles. The highest BCUT2D eigenvalue weighted by Gasteiger charge is 2.23. The molecule has 1 aliphatic rings. The Hall–Kier alpha value is -3.48. The van der Waals surface area contributed by atoms with Crippen LogP contribution in [0.2, 0.25) is 0 Å². The Bertz CT molecular complexity index is 1300. The van der Waals surface area contributed by atoms with Gasteiger partial charge in [-0.1, -0.05) is 24.3 Å². The summed E-state index contributed by atoms with van der Waals surface area (Å²) < 4.78 is 9.52. The van der Waals surface area contributed by atoms with E-state index >= 15 is 0 Å². The summed E-state index contributed by atoms with van der Waals surface area (Å²) in [5.74, 6) is 1.97. The lowest BCUT2D eigenvalue weighted by atomic mass is 10.1. The van der Waals surface area contributed by atoms with Gasteiger partial charge in [0.05, 0.1) is 10.9 Å². The first kappa shape index (κ1) is 16.7. The van der Waals surface area contributed by atoms with E-state index in [9.17, 15) is 9.59 Å². The van der Waals surface area contributed by atoms with Crippen LogP contribution in [0.1, 0.15) is 35.1 Å². The van der Waals surface area contributed by atoms with Crippen LogP contribution >= 0.6 is 0 Å². The number of aromatic nitrogens is 4. The molecule has 0 N–H and O–H groups in total. The maximum absolute atomic E-state index is 12.7. The Morgan fingerprint density at radius 3 is 2.75 bits per heavy atom. The highest BCUT2D eigenvalue weighted by Crippen LogP contribution is 2.31. The van der Waals surface area contributed by atoms with E-state index in [1.165, 1.54) is 0 Å². The summed E-state index contributed by atoms with van der Waals surface area (Å²) in [6.45, 7) is 2.60. The van der Waals surface area contributed by atoms with Crippen molar-refractivity contribution < 1.29 is 9.53 Å². The van der Waals surface area contributed by atoms with Crippen molar-refractivity contribution >= 4 is 22.5 Å². The van der Waals surface area contributed by atoms with Gasteiger partial charge < -0.3 is 4.74 Å². The van der Waals surface area contributed by atoms with E-state index in [1.54, 1.807) is 4.57 Å². The second-order valence-corrected chi connectivity index (χ2v) is 6.81. The van der Waals surface area contributed by atoms with Crippen LogP contribution in [0.15, 0.2) is 47.3 Å². The third kappa shape index (κ3) is 2.36. The highest BCUT2D eigenvalue weighted by molar-refractivity contribution is 6.01. The van der Waals surface area contributed by atoms with Crippen molar-refractivity contribution in [3.8, 4) is 5.75 Å². The number of para-hydroxylation sites is 1. The molecule has 0 amide bonds. The fourth-order valence-corrected chi connectivity index (χ4v) is 3.93. The van der Waals surface area contributed by atoms with Crippen LogP contribution in [-0.2, 0) is 19.6 Å². The maximum atomic E-state index is 12.7. The summed E-state index contributed by atoms with van der Waals surface area (Å²) in [6, 6.07) is 13.0. The third-order valence-electron chi connectivity index (χ3n) is 5.28. The molecule has 7 nitrogen and oxygen atoms in total. The molecule has 0 radical (unpaired) electrons. The minimum Gasteiger partial charge on any atom is -0.485 e. The van der Waals surface area contributed by atoms with Gasteiger partial charge in [-0.05, 0) is 31.5 Å². The van der Waals surface area contributed by atoms with Gasteiger partial charge in [0.15, 0.2) is 11.6 Å². The fourth-order valence-electron chi connectivity index (χ4n) is 3.93. The second kappa shape index (κ2) is 6.30. The summed E-state index contributed by atoms with van der Waals surface area (Å²) in [6.07, 6.45) is 1.22. The molecule has 0 saturated heterocycles. The number of rotatable bonds is 4. The molecule has 2 heterocycles. The minimum atomic E-state index is -0.0788. The van der Waals surface area contributed by atoms with Gasteiger partial charge in [-0.3, -0.25) is 18.6 Å².